The third-order valence-corrected chi connectivity index (χ3v) is 3.38. The number of fused-ring (bicyclic) bond motifs is 1. The first-order valence-corrected chi connectivity index (χ1v) is 6.03. The summed E-state index contributed by atoms with van der Waals surface area (Å²) in [4.78, 5) is -0.322. The molecule has 2 rings (SSSR count). The Morgan fingerprint density at radius 3 is 2.29 bits per heavy atom. The van der Waals surface area contributed by atoms with Gasteiger partial charge in [0, 0.05) is 10.8 Å². The van der Waals surface area contributed by atoms with E-state index in [1.54, 1.807) is 0 Å². The summed E-state index contributed by atoms with van der Waals surface area (Å²) in [6, 6.07) is 5.03. The number of hydrogen-bond donors (Lipinski definition) is 4. The molecule has 2 aromatic rings. The van der Waals surface area contributed by atoms with Gasteiger partial charge in [-0.05, 0) is 18.2 Å². The lowest BCUT2D eigenvalue weighted by Crippen LogP contribution is -2.01. The zero-order chi connectivity index (χ0) is 12.8. The van der Waals surface area contributed by atoms with Crippen LogP contribution in [0.2, 0.25) is 0 Å². The second-order valence-electron chi connectivity index (χ2n) is 3.55. The Morgan fingerprint density at radius 1 is 1.06 bits per heavy atom. The summed E-state index contributed by atoms with van der Waals surface area (Å²) >= 11 is 0. The number of aromatic hydroxyl groups is 1. The molecule has 17 heavy (non-hydrogen) atoms. The first-order valence-electron chi connectivity index (χ1n) is 4.59. The average molecular weight is 254 g/mol. The highest BCUT2D eigenvalue weighted by molar-refractivity contribution is 7.86. The molecule has 2 aromatic carbocycles. The van der Waals surface area contributed by atoms with Gasteiger partial charge < -0.3 is 16.6 Å². The van der Waals surface area contributed by atoms with Crippen molar-refractivity contribution in [1.29, 1.82) is 0 Å². The van der Waals surface area contributed by atoms with Crippen LogP contribution in [0.1, 0.15) is 0 Å². The van der Waals surface area contributed by atoms with Gasteiger partial charge >= 0.3 is 0 Å². The molecule has 0 aromatic heterocycles. The Kier molecular flexibility index (Phi) is 2.37. The summed E-state index contributed by atoms with van der Waals surface area (Å²) in [7, 11) is -4.38. The Balaban J connectivity index is 3.04. The summed E-state index contributed by atoms with van der Waals surface area (Å²) in [6.07, 6.45) is 0. The van der Waals surface area contributed by atoms with Crippen molar-refractivity contribution in [3.05, 3.63) is 24.3 Å². The van der Waals surface area contributed by atoms with E-state index in [2.05, 4.69) is 0 Å². The smallest absolute Gasteiger partial charge is 0.295 e. The first-order chi connectivity index (χ1) is 7.82. The lowest BCUT2D eigenvalue weighted by atomic mass is 10.1. The number of anilines is 2. The van der Waals surface area contributed by atoms with Crippen LogP contribution in [-0.2, 0) is 10.1 Å². The summed E-state index contributed by atoms with van der Waals surface area (Å²) in [5.74, 6) is -0.197. The Labute approximate surface area is 97.2 Å². The van der Waals surface area contributed by atoms with E-state index in [1.165, 1.54) is 12.1 Å². The van der Waals surface area contributed by atoms with E-state index in [9.17, 15) is 13.5 Å². The minimum Gasteiger partial charge on any atom is -0.507 e. The van der Waals surface area contributed by atoms with Crippen LogP contribution in [0.15, 0.2) is 29.2 Å². The quantitative estimate of drug-likeness (QED) is 0.443. The van der Waals surface area contributed by atoms with Gasteiger partial charge in [-0.2, -0.15) is 8.42 Å². The number of benzene rings is 2. The molecule has 7 heteroatoms. The molecule has 0 atom stereocenters. The third-order valence-electron chi connectivity index (χ3n) is 2.47. The monoisotopic (exact) mass is 254 g/mol. The highest BCUT2D eigenvalue weighted by Crippen LogP contribution is 2.36. The molecule has 0 radical (unpaired) electrons. The van der Waals surface area contributed by atoms with Crippen molar-refractivity contribution < 1.29 is 18.1 Å². The van der Waals surface area contributed by atoms with Gasteiger partial charge in [0.05, 0.1) is 11.4 Å². The van der Waals surface area contributed by atoms with Crippen LogP contribution in [0.25, 0.3) is 10.8 Å². The van der Waals surface area contributed by atoms with E-state index in [4.69, 9.17) is 16.0 Å². The maximum Gasteiger partial charge on any atom is 0.295 e. The number of nitrogen functional groups attached to an aromatic ring is 2. The van der Waals surface area contributed by atoms with Crippen molar-refractivity contribution in [3.8, 4) is 5.75 Å². The van der Waals surface area contributed by atoms with Crippen LogP contribution in [-0.4, -0.2) is 18.1 Å². The molecule has 0 unspecified atom stereocenters. The number of nitrogens with two attached hydrogens (primary N) is 2. The second kappa shape index (κ2) is 3.51. The van der Waals surface area contributed by atoms with Crippen LogP contribution >= 0.6 is 0 Å². The molecule has 0 amide bonds. The molecule has 0 aliphatic rings. The van der Waals surface area contributed by atoms with Gasteiger partial charge in [-0.1, -0.05) is 6.07 Å². The van der Waals surface area contributed by atoms with Crippen molar-refractivity contribution in [2.24, 2.45) is 0 Å². The van der Waals surface area contributed by atoms with Gasteiger partial charge in [-0.15, -0.1) is 0 Å². The van der Waals surface area contributed by atoms with E-state index in [0.717, 1.165) is 12.1 Å². The minimum absolute atomic E-state index is 0.0745. The minimum atomic E-state index is -4.38. The molecule has 6 N–H and O–H groups in total. The zero-order valence-electron chi connectivity index (χ0n) is 8.58. The third kappa shape index (κ3) is 1.75. The van der Waals surface area contributed by atoms with Crippen LogP contribution in [0.4, 0.5) is 11.4 Å². The van der Waals surface area contributed by atoms with Crippen molar-refractivity contribution in [1.82, 2.24) is 0 Å². The van der Waals surface area contributed by atoms with Gasteiger partial charge in [0.2, 0.25) is 0 Å². The normalized spacial score (nSPS) is 11.8. The summed E-state index contributed by atoms with van der Waals surface area (Å²) < 4.78 is 31.4. The van der Waals surface area contributed by atoms with E-state index in [-0.39, 0.29) is 32.8 Å². The van der Waals surface area contributed by atoms with Crippen molar-refractivity contribution in [3.63, 3.8) is 0 Å². The molecule has 0 saturated carbocycles. The molecule has 90 valence electrons. The topological polar surface area (TPSA) is 127 Å². The van der Waals surface area contributed by atoms with E-state index >= 15 is 0 Å². The largest absolute Gasteiger partial charge is 0.507 e. The van der Waals surface area contributed by atoms with E-state index < -0.39 is 10.1 Å². The SMILES string of the molecule is Nc1ccc2c(S(=O)(=O)O)ccc(O)c2c1N. The summed E-state index contributed by atoms with van der Waals surface area (Å²) in [5, 5.41) is 9.89. The zero-order valence-corrected chi connectivity index (χ0v) is 9.40. The summed E-state index contributed by atoms with van der Waals surface area (Å²) in [5.41, 5.74) is 11.5. The molecule has 0 spiro atoms. The maximum atomic E-state index is 11.2. The molecule has 0 fully saturated rings. The molecule has 6 nitrogen and oxygen atoms in total. The number of phenols is 1. The lowest BCUT2D eigenvalue weighted by molar-refractivity contribution is 0.479. The van der Waals surface area contributed by atoms with Crippen LogP contribution < -0.4 is 11.5 Å². The van der Waals surface area contributed by atoms with Crippen molar-refractivity contribution >= 4 is 32.3 Å². The lowest BCUT2D eigenvalue weighted by Gasteiger charge is -2.09. The Morgan fingerprint density at radius 2 is 1.71 bits per heavy atom. The van der Waals surface area contributed by atoms with Crippen LogP contribution in [0, 0.1) is 0 Å². The predicted octanol–water partition coefficient (Wildman–Crippen LogP) is 0.956. The van der Waals surface area contributed by atoms with Crippen LogP contribution in [0.3, 0.4) is 0 Å². The average Bonchev–Trinajstić information content (AvgIpc) is 2.21. The van der Waals surface area contributed by atoms with E-state index in [1.807, 2.05) is 0 Å². The molecule has 0 aliphatic carbocycles. The highest BCUT2D eigenvalue weighted by Gasteiger charge is 2.17. The van der Waals surface area contributed by atoms with Gasteiger partial charge in [0.1, 0.15) is 10.6 Å². The van der Waals surface area contributed by atoms with Crippen LogP contribution in [0.5, 0.6) is 5.75 Å². The van der Waals surface area contributed by atoms with Crippen molar-refractivity contribution in [2.75, 3.05) is 11.5 Å². The summed E-state index contributed by atoms with van der Waals surface area (Å²) in [6.45, 7) is 0. The Bertz CT molecular complexity index is 710. The second-order valence-corrected chi connectivity index (χ2v) is 4.94. The number of hydrogen-bond acceptors (Lipinski definition) is 5. The van der Waals surface area contributed by atoms with Gasteiger partial charge in [-0.3, -0.25) is 4.55 Å². The fourth-order valence-corrected chi connectivity index (χ4v) is 2.36. The Hall–Kier alpha value is -1.99. The molecular weight excluding hydrogens is 244 g/mol. The van der Waals surface area contributed by atoms with Gasteiger partial charge in [-0.25, -0.2) is 0 Å². The fourth-order valence-electron chi connectivity index (χ4n) is 1.67. The van der Waals surface area contributed by atoms with E-state index in [0.29, 0.717) is 0 Å². The highest BCUT2D eigenvalue weighted by atomic mass is 32.2. The standard InChI is InChI=1S/C10H10N2O4S/c11-6-2-1-5-8(17(14,15)16)4-3-7(13)9(5)10(6)12/h1-4,13H,11-12H2,(H,14,15,16). The molecular formula is C10H10N2O4S. The predicted molar refractivity (Wildman–Crippen MR) is 64.3 cm³/mol. The molecule has 0 aliphatic heterocycles. The molecule has 0 bridgehead atoms. The van der Waals surface area contributed by atoms with Gasteiger partial charge in [0.15, 0.2) is 0 Å². The molecule has 0 saturated heterocycles. The number of rotatable bonds is 1. The number of phenolic OH excluding ortho intramolecular Hbond substituents is 1. The molecule has 0 heterocycles. The first kappa shape index (κ1) is 11.5. The van der Waals surface area contributed by atoms with Gasteiger partial charge in [0.25, 0.3) is 10.1 Å². The van der Waals surface area contributed by atoms with Crippen molar-refractivity contribution in [2.45, 2.75) is 4.90 Å². The fraction of sp³-hybridized carbons (Fsp3) is 0. The maximum absolute atomic E-state index is 11.2.